The largest absolute Gasteiger partial charge is 0.495 e. The standard InChI is InChI=1S/C19H26N2O5/c1-11(2)7-14(19(24)25)20-18(23)13-9-17(22)21(10-13)15-8-12(3)5-6-16(15)26-4/h5-6,8,11,13-14H,7,9-10H2,1-4H3,(H,20,23)(H,24,25). The summed E-state index contributed by atoms with van der Waals surface area (Å²) >= 11 is 0. The Bertz CT molecular complexity index is 701. The molecule has 0 aliphatic carbocycles. The fourth-order valence-electron chi connectivity index (χ4n) is 3.11. The molecule has 0 spiro atoms. The smallest absolute Gasteiger partial charge is 0.326 e. The van der Waals surface area contributed by atoms with Gasteiger partial charge in [0.15, 0.2) is 0 Å². The number of carbonyl (C=O) groups excluding carboxylic acids is 2. The van der Waals surface area contributed by atoms with Gasteiger partial charge < -0.3 is 20.1 Å². The Morgan fingerprint density at radius 2 is 2.08 bits per heavy atom. The van der Waals surface area contributed by atoms with Crippen molar-refractivity contribution in [1.82, 2.24) is 5.32 Å². The molecule has 7 heteroatoms. The third-order valence-electron chi connectivity index (χ3n) is 4.44. The predicted molar refractivity (Wildman–Crippen MR) is 97.2 cm³/mol. The first kappa shape index (κ1) is 19.8. The molecule has 1 heterocycles. The summed E-state index contributed by atoms with van der Waals surface area (Å²) in [6, 6.07) is 4.57. The molecule has 2 atom stereocenters. The summed E-state index contributed by atoms with van der Waals surface area (Å²) in [7, 11) is 1.53. The van der Waals surface area contributed by atoms with E-state index in [1.54, 1.807) is 6.07 Å². The van der Waals surface area contributed by atoms with Crippen LogP contribution in [0.25, 0.3) is 0 Å². The minimum atomic E-state index is -1.06. The quantitative estimate of drug-likeness (QED) is 0.773. The molecule has 0 saturated carbocycles. The highest BCUT2D eigenvalue weighted by atomic mass is 16.5. The number of nitrogens with zero attached hydrogens (tertiary/aromatic N) is 1. The first-order valence-electron chi connectivity index (χ1n) is 8.71. The number of hydrogen-bond acceptors (Lipinski definition) is 4. The van der Waals surface area contributed by atoms with Crippen LogP contribution in [0.3, 0.4) is 0 Å². The predicted octanol–water partition coefficient (Wildman–Crippen LogP) is 1.97. The molecule has 1 fully saturated rings. The molecule has 1 saturated heterocycles. The molecular weight excluding hydrogens is 336 g/mol. The number of aliphatic carboxylic acids is 1. The van der Waals surface area contributed by atoms with Crippen molar-refractivity contribution in [2.24, 2.45) is 11.8 Å². The lowest BCUT2D eigenvalue weighted by Crippen LogP contribution is -2.44. The second kappa shape index (κ2) is 8.21. The molecular formula is C19H26N2O5. The van der Waals surface area contributed by atoms with Crippen LogP contribution >= 0.6 is 0 Å². The lowest BCUT2D eigenvalue weighted by Gasteiger charge is -2.21. The van der Waals surface area contributed by atoms with Crippen LogP contribution < -0.4 is 15.0 Å². The molecule has 1 aromatic carbocycles. The monoisotopic (exact) mass is 362 g/mol. The summed E-state index contributed by atoms with van der Waals surface area (Å²) in [5, 5.41) is 11.9. The van der Waals surface area contributed by atoms with Crippen LogP contribution in [0.2, 0.25) is 0 Å². The first-order chi connectivity index (χ1) is 12.2. The highest BCUT2D eigenvalue weighted by Crippen LogP contribution is 2.34. The summed E-state index contributed by atoms with van der Waals surface area (Å²) in [5.74, 6) is -1.52. The Morgan fingerprint density at radius 3 is 2.65 bits per heavy atom. The van der Waals surface area contributed by atoms with E-state index >= 15 is 0 Å². The van der Waals surface area contributed by atoms with Crippen LogP contribution in [-0.4, -0.2) is 42.6 Å². The van der Waals surface area contributed by atoms with E-state index in [-0.39, 0.29) is 24.8 Å². The van der Waals surface area contributed by atoms with Crippen LogP contribution in [0.4, 0.5) is 5.69 Å². The van der Waals surface area contributed by atoms with Gasteiger partial charge in [-0.15, -0.1) is 0 Å². The van der Waals surface area contributed by atoms with E-state index in [1.807, 2.05) is 32.9 Å². The topological polar surface area (TPSA) is 95.9 Å². The van der Waals surface area contributed by atoms with E-state index in [1.165, 1.54) is 12.0 Å². The first-order valence-corrected chi connectivity index (χ1v) is 8.71. The van der Waals surface area contributed by atoms with Crippen molar-refractivity contribution >= 4 is 23.5 Å². The summed E-state index contributed by atoms with van der Waals surface area (Å²) in [6.07, 6.45) is 0.397. The number of benzene rings is 1. The fourth-order valence-corrected chi connectivity index (χ4v) is 3.11. The van der Waals surface area contributed by atoms with E-state index in [0.29, 0.717) is 17.9 Å². The molecule has 2 rings (SSSR count). The number of anilines is 1. The van der Waals surface area contributed by atoms with Gasteiger partial charge in [0.05, 0.1) is 18.7 Å². The van der Waals surface area contributed by atoms with E-state index in [2.05, 4.69) is 5.32 Å². The van der Waals surface area contributed by atoms with Gasteiger partial charge in [0.2, 0.25) is 11.8 Å². The van der Waals surface area contributed by atoms with Gasteiger partial charge in [0.1, 0.15) is 11.8 Å². The van der Waals surface area contributed by atoms with Gasteiger partial charge in [-0.2, -0.15) is 0 Å². The van der Waals surface area contributed by atoms with E-state index in [0.717, 1.165) is 5.56 Å². The number of methoxy groups -OCH3 is 1. The molecule has 0 aromatic heterocycles. The normalized spacial score (nSPS) is 18.1. The molecule has 7 nitrogen and oxygen atoms in total. The maximum Gasteiger partial charge on any atom is 0.326 e. The second-order valence-corrected chi connectivity index (χ2v) is 7.11. The van der Waals surface area contributed by atoms with Crippen LogP contribution in [0, 0.1) is 18.8 Å². The average molecular weight is 362 g/mol. The molecule has 0 radical (unpaired) electrons. The number of carbonyl (C=O) groups is 3. The molecule has 26 heavy (non-hydrogen) atoms. The number of carboxylic acids is 1. The van der Waals surface area contributed by atoms with Gasteiger partial charge in [0.25, 0.3) is 0 Å². The van der Waals surface area contributed by atoms with Crippen LogP contribution in [-0.2, 0) is 14.4 Å². The molecule has 142 valence electrons. The van der Waals surface area contributed by atoms with Gasteiger partial charge in [-0.25, -0.2) is 4.79 Å². The zero-order chi connectivity index (χ0) is 19.4. The van der Waals surface area contributed by atoms with Crippen molar-refractivity contribution in [3.05, 3.63) is 23.8 Å². The zero-order valence-corrected chi connectivity index (χ0v) is 15.6. The van der Waals surface area contributed by atoms with Crippen LogP contribution in [0.1, 0.15) is 32.3 Å². The van der Waals surface area contributed by atoms with E-state index in [9.17, 15) is 19.5 Å². The Kier molecular flexibility index (Phi) is 6.23. The Hall–Kier alpha value is -2.57. The summed E-state index contributed by atoms with van der Waals surface area (Å²) < 4.78 is 5.32. The molecule has 2 N–H and O–H groups in total. The number of aryl methyl sites for hydroxylation is 1. The Balaban J connectivity index is 2.13. The summed E-state index contributed by atoms with van der Waals surface area (Å²) in [6.45, 7) is 5.91. The minimum Gasteiger partial charge on any atom is -0.495 e. The van der Waals surface area contributed by atoms with Gasteiger partial charge in [-0.3, -0.25) is 9.59 Å². The van der Waals surface area contributed by atoms with Gasteiger partial charge in [-0.1, -0.05) is 19.9 Å². The molecule has 1 aliphatic rings. The third-order valence-corrected chi connectivity index (χ3v) is 4.44. The van der Waals surface area contributed by atoms with Crippen molar-refractivity contribution < 1.29 is 24.2 Å². The Morgan fingerprint density at radius 1 is 1.38 bits per heavy atom. The molecule has 0 bridgehead atoms. The Labute approximate surface area is 153 Å². The van der Waals surface area contributed by atoms with Gasteiger partial charge >= 0.3 is 5.97 Å². The highest BCUT2D eigenvalue weighted by Gasteiger charge is 2.37. The number of hydrogen-bond donors (Lipinski definition) is 2. The van der Waals surface area contributed by atoms with E-state index in [4.69, 9.17) is 4.74 Å². The zero-order valence-electron chi connectivity index (χ0n) is 15.6. The van der Waals surface area contributed by atoms with Crippen LogP contribution in [0.5, 0.6) is 5.75 Å². The SMILES string of the molecule is COc1ccc(C)cc1N1CC(C(=O)NC(CC(C)C)C(=O)O)CC1=O. The number of carboxylic acid groups (broad SMARTS) is 1. The van der Waals surface area contributed by atoms with Gasteiger partial charge in [0, 0.05) is 13.0 Å². The van der Waals surface area contributed by atoms with E-state index < -0.39 is 23.8 Å². The number of amides is 2. The van der Waals surface area contributed by atoms with Crippen molar-refractivity contribution in [2.75, 3.05) is 18.6 Å². The summed E-state index contributed by atoms with van der Waals surface area (Å²) in [5.41, 5.74) is 1.61. The number of nitrogens with one attached hydrogen (secondary N) is 1. The minimum absolute atomic E-state index is 0.0525. The lowest BCUT2D eigenvalue weighted by molar-refractivity contribution is -0.142. The van der Waals surface area contributed by atoms with Gasteiger partial charge in [-0.05, 0) is 37.0 Å². The van der Waals surface area contributed by atoms with Crippen LogP contribution in [0.15, 0.2) is 18.2 Å². The maximum absolute atomic E-state index is 12.5. The number of rotatable bonds is 7. The number of ether oxygens (including phenoxy) is 1. The second-order valence-electron chi connectivity index (χ2n) is 7.11. The fraction of sp³-hybridized carbons (Fsp3) is 0.526. The molecule has 1 aromatic rings. The molecule has 2 unspecified atom stereocenters. The van der Waals surface area contributed by atoms with Crippen molar-refractivity contribution in [1.29, 1.82) is 0 Å². The third kappa shape index (κ3) is 4.53. The summed E-state index contributed by atoms with van der Waals surface area (Å²) in [4.78, 5) is 37.8. The lowest BCUT2D eigenvalue weighted by atomic mass is 10.0. The van der Waals surface area contributed by atoms with Crippen molar-refractivity contribution in [2.45, 2.75) is 39.7 Å². The highest BCUT2D eigenvalue weighted by molar-refractivity contribution is 6.01. The average Bonchev–Trinajstić information content (AvgIpc) is 2.95. The van der Waals surface area contributed by atoms with Crippen molar-refractivity contribution in [3.63, 3.8) is 0 Å². The maximum atomic E-state index is 12.5. The molecule has 1 aliphatic heterocycles. The molecule has 2 amide bonds. The van der Waals surface area contributed by atoms with Crippen molar-refractivity contribution in [3.8, 4) is 5.75 Å².